The Balaban J connectivity index is 2.17. The molecule has 94 valence electrons. The van der Waals surface area contributed by atoms with Crippen molar-refractivity contribution in [2.24, 2.45) is 5.73 Å². The summed E-state index contributed by atoms with van der Waals surface area (Å²) in [5, 5.41) is 0. The lowest BCUT2D eigenvalue weighted by Gasteiger charge is -2.33. The molecule has 0 aliphatic heterocycles. The third-order valence-corrected chi connectivity index (χ3v) is 3.81. The lowest BCUT2D eigenvalue weighted by Crippen LogP contribution is -2.33. The predicted octanol–water partition coefficient (Wildman–Crippen LogP) is 3.71. The quantitative estimate of drug-likeness (QED) is 0.849. The summed E-state index contributed by atoms with van der Waals surface area (Å²) in [7, 11) is 0. The largest absolute Gasteiger partial charge is 0.328 e. The molecule has 0 saturated heterocycles. The summed E-state index contributed by atoms with van der Waals surface area (Å²) in [6.45, 7) is 2.15. The molecule has 1 fully saturated rings. The van der Waals surface area contributed by atoms with Gasteiger partial charge in [0, 0.05) is 6.04 Å². The van der Waals surface area contributed by atoms with Crippen LogP contribution >= 0.6 is 0 Å². The van der Waals surface area contributed by atoms with Gasteiger partial charge >= 0.3 is 0 Å². The zero-order valence-corrected chi connectivity index (χ0v) is 10.6. The SMILES string of the molecule is CCCc1cccc(C2(F)CCC(N)CC2)c1. The molecule has 2 rings (SSSR count). The fourth-order valence-electron chi connectivity index (χ4n) is 2.68. The summed E-state index contributed by atoms with van der Waals surface area (Å²) in [6, 6.07) is 8.23. The van der Waals surface area contributed by atoms with E-state index >= 15 is 0 Å². The fourth-order valence-corrected chi connectivity index (χ4v) is 2.68. The fraction of sp³-hybridized carbons (Fsp3) is 0.600. The number of halogens is 1. The van der Waals surface area contributed by atoms with E-state index in [1.54, 1.807) is 0 Å². The van der Waals surface area contributed by atoms with Gasteiger partial charge in [0.1, 0.15) is 5.67 Å². The van der Waals surface area contributed by atoms with E-state index in [1.807, 2.05) is 18.2 Å². The van der Waals surface area contributed by atoms with Gasteiger partial charge in [0.15, 0.2) is 0 Å². The van der Waals surface area contributed by atoms with Crippen LogP contribution in [0.25, 0.3) is 0 Å². The molecule has 0 spiro atoms. The van der Waals surface area contributed by atoms with Crippen LogP contribution in [0.15, 0.2) is 24.3 Å². The van der Waals surface area contributed by atoms with Gasteiger partial charge in [-0.15, -0.1) is 0 Å². The van der Waals surface area contributed by atoms with Crippen LogP contribution in [-0.4, -0.2) is 6.04 Å². The molecule has 2 heteroatoms. The second-order valence-electron chi connectivity index (χ2n) is 5.25. The van der Waals surface area contributed by atoms with E-state index in [0.717, 1.165) is 31.2 Å². The highest BCUT2D eigenvalue weighted by Gasteiger charge is 2.35. The summed E-state index contributed by atoms with van der Waals surface area (Å²) in [5.41, 5.74) is 6.81. The molecule has 0 atom stereocenters. The predicted molar refractivity (Wildman–Crippen MR) is 69.7 cm³/mol. The molecule has 0 aromatic heterocycles. The van der Waals surface area contributed by atoms with Gasteiger partial charge in [-0.1, -0.05) is 37.6 Å². The van der Waals surface area contributed by atoms with Crippen LogP contribution in [0.3, 0.4) is 0 Å². The zero-order valence-electron chi connectivity index (χ0n) is 10.6. The normalized spacial score (nSPS) is 29.2. The van der Waals surface area contributed by atoms with E-state index in [4.69, 9.17) is 5.73 Å². The molecule has 0 amide bonds. The molecule has 17 heavy (non-hydrogen) atoms. The molecule has 0 unspecified atom stereocenters. The van der Waals surface area contributed by atoms with Crippen molar-refractivity contribution in [3.05, 3.63) is 35.4 Å². The van der Waals surface area contributed by atoms with Crippen molar-refractivity contribution in [3.63, 3.8) is 0 Å². The minimum Gasteiger partial charge on any atom is -0.328 e. The minimum atomic E-state index is -1.14. The summed E-state index contributed by atoms with van der Waals surface area (Å²) in [5.74, 6) is 0. The number of aryl methyl sites for hydroxylation is 1. The van der Waals surface area contributed by atoms with Crippen molar-refractivity contribution in [3.8, 4) is 0 Å². The Morgan fingerprint density at radius 1 is 1.35 bits per heavy atom. The standard InChI is InChI=1S/C15H22FN/c1-2-4-12-5-3-6-13(11-12)15(16)9-7-14(17)8-10-15/h3,5-6,11,14H,2,4,7-10,17H2,1H3. The third kappa shape index (κ3) is 2.86. The van der Waals surface area contributed by atoms with Gasteiger partial charge in [0.2, 0.25) is 0 Å². The monoisotopic (exact) mass is 235 g/mol. The molecule has 0 radical (unpaired) electrons. The average Bonchev–Trinajstić information content (AvgIpc) is 2.34. The second-order valence-corrected chi connectivity index (χ2v) is 5.25. The van der Waals surface area contributed by atoms with E-state index in [1.165, 1.54) is 5.56 Å². The lowest BCUT2D eigenvalue weighted by atomic mass is 9.79. The highest BCUT2D eigenvalue weighted by Crippen LogP contribution is 2.40. The molecule has 1 aliphatic carbocycles. The molecular weight excluding hydrogens is 213 g/mol. The molecule has 0 bridgehead atoms. The Morgan fingerprint density at radius 2 is 2.06 bits per heavy atom. The summed E-state index contributed by atoms with van der Waals surface area (Å²) in [4.78, 5) is 0. The van der Waals surface area contributed by atoms with Crippen molar-refractivity contribution >= 4 is 0 Å². The molecule has 1 saturated carbocycles. The first-order valence-electron chi connectivity index (χ1n) is 6.68. The number of nitrogens with two attached hydrogens (primary N) is 1. The van der Waals surface area contributed by atoms with E-state index in [-0.39, 0.29) is 6.04 Å². The molecule has 2 N–H and O–H groups in total. The van der Waals surface area contributed by atoms with Gasteiger partial charge in [0.25, 0.3) is 0 Å². The highest BCUT2D eigenvalue weighted by molar-refractivity contribution is 5.29. The van der Waals surface area contributed by atoms with E-state index < -0.39 is 5.67 Å². The van der Waals surface area contributed by atoms with Crippen molar-refractivity contribution < 1.29 is 4.39 Å². The van der Waals surface area contributed by atoms with Crippen molar-refractivity contribution in [1.82, 2.24) is 0 Å². The third-order valence-electron chi connectivity index (χ3n) is 3.81. The maximum Gasteiger partial charge on any atom is 0.136 e. The summed E-state index contributed by atoms with van der Waals surface area (Å²) < 4.78 is 14.8. The molecule has 1 aromatic rings. The summed E-state index contributed by atoms with van der Waals surface area (Å²) >= 11 is 0. The van der Waals surface area contributed by atoms with Gasteiger partial charge in [0.05, 0.1) is 0 Å². The van der Waals surface area contributed by atoms with Crippen LogP contribution in [0.1, 0.15) is 50.2 Å². The topological polar surface area (TPSA) is 26.0 Å². The summed E-state index contributed by atoms with van der Waals surface area (Å²) in [6.07, 6.45) is 4.88. The van der Waals surface area contributed by atoms with E-state index in [0.29, 0.717) is 12.8 Å². The van der Waals surface area contributed by atoms with Crippen molar-refractivity contribution in [1.29, 1.82) is 0 Å². The van der Waals surface area contributed by atoms with Crippen molar-refractivity contribution in [2.75, 3.05) is 0 Å². The molecule has 1 aromatic carbocycles. The van der Waals surface area contributed by atoms with Crippen LogP contribution in [0.5, 0.6) is 0 Å². The molecular formula is C15H22FN. The van der Waals surface area contributed by atoms with Gasteiger partial charge in [-0.05, 0) is 43.2 Å². The second kappa shape index (κ2) is 5.18. The first-order valence-corrected chi connectivity index (χ1v) is 6.68. The van der Waals surface area contributed by atoms with Crippen LogP contribution in [0, 0.1) is 0 Å². The van der Waals surface area contributed by atoms with Crippen molar-refractivity contribution in [2.45, 2.75) is 57.2 Å². The maximum atomic E-state index is 14.8. The molecule has 0 heterocycles. The Bertz CT molecular complexity index is 367. The van der Waals surface area contributed by atoms with Gasteiger partial charge < -0.3 is 5.73 Å². The number of rotatable bonds is 3. The smallest absolute Gasteiger partial charge is 0.136 e. The minimum absolute atomic E-state index is 0.192. The Kier molecular flexibility index (Phi) is 3.82. The Morgan fingerprint density at radius 3 is 2.71 bits per heavy atom. The van der Waals surface area contributed by atoms with Gasteiger partial charge in [-0.3, -0.25) is 0 Å². The van der Waals surface area contributed by atoms with Crippen LogP contribution in [0.2, 0.25) is 0 Å². The first-order chi connectivity index (χ1) is 8.14. The Labute approximate surface area is 103 Å². The maximum absolute atomic E-state index is 14.8. The molecule has 1 aliphatic rings. The number of hydrogen-bond acceptors (Lipinski definition) is 1. The first kappa shape index (κ1) is 12.6. The van der Waals surface area contributed by atoms with Gasteiger partial charge in [-0.2, -0.15) is 0 Å². The number of hydrogen-bond donors (Lipinski definition) is 1. The number of alkyl halides is 1. The lowest BCUT2D eigenvalue weighted by molar-refractivity contribution is 0.0978. The van der Waals surface area contributed by atoms with Crippen LogP contribution in [0.4, 0.5) is 4.39 Å². The highest BCUT2D eigenvalue weighted by atomic mass is 19.1. The number of benzene rings is 1. The van der Waals surface area contributed by atoms with Gasteiger partial charge in [-0.25, -0.2) is 4.39 Å². The average molecular weight is 235 g/mol. The van der Waals surface area contributed by atoms with E-state index in [9.17, 15) is 4.39 Å². The molecule has 1 nitrogen and oxygen atoms in total. The van der Waals surface area contributed by atoms with E-state index in [2.05, 4.69) is 13.0 Å². The zero-order chi connectivity index (χ0) is 12.3. The van der Waals surface area contributed by atoms with Crippen LogP contribution in [-0.2, 0) is 12.1 Å². The Hall–Kier alpha value is -0.890. The van der Waals surface area contributed by atoms with Crippen LogP contribution < -0.4 is 5.73 Å².